The number of hydrogen-bond acceptors (Lipinski definition) is 8. The lowest BCUT2D eigenvalue weighted by atomic mass is 10.0. The van der Waals surface area contributed by atoms with Crippen LogP contribution in [0.4, 0.5) is 22.1 Å². The summed E-state index contributed by atoms with van der Waals surface area (Å²) in [7, 11) is 0. The molecule has 1 aromatic heterocycles. The molecule has 1 saturated heterocycles. The predicted octanol–water partition coefficient (Wildman–Crippen LogP) is 4.51. The molecule has 10 nitrogen and oxygen atoms in total. The third-order valence-corrected chi connectivity index (χ3v) is 6.29. The van der Waals surface area contributed by atoms with E-state index in [4.69, 9.17) is 9.72 Å². The highest BCUT2D eigenvalue weighted by molar-refractivity contribution is 5.72. The number of ether oxygens (including phenoxy) is 1. The summed E-state index contributed by atoms with van der Waals surface area (Å²) < 4.78 is 5.37. The zero-order chi connectivity index (χ0) is 28.0. The molecule has 0 saturated carbocycles. The summed E-state index contributed by atoms with van der Waals surface area (Å²) >= 11 is 0. The van der Waals surface area contributed by atoms with Gasteiger partial charge in [-0.05, 0) is 57.5 Å². The zero-order valence-corrected chi connectivity index (χ0v) is 22.8. The molecular formula is C29H36N6O4. The largest absolute Gasteiger partial charge is 0.465 e. The van der Waals surface area contributed by atoms with E-state index >= 15 is 0 Å². The molecule has 2 aromatic carbocycles. The fourth-order valence-corrected chi connectivity index (χ4v) is 4.56. The van der Waals surface area contributed by atoms with Crippen molar-refractivity contribution in [3.63, 3.8) is 0 Å². The van der Waals surface area contributed by atoms with Gasteiger partial charge in [0.1, 0.15) is 5.60 Å². The Morgan fingerprint density at radius 1 is 1.10 bits per heavy atom. The molecule has 0 bridgehead atoms. The van der Waals surface area contributed by atoms with Crippen molar-refractivity contribution in [2.45, 2.75) is 45.9 Å². The fourth-order valence-electron chi connectivity index (χ4n) is 4.56. The molecule has 4 rings (SSSR count). The monoisotopic (exact) mass is 532 g/mol. The van der Waals surface area contributed by atoms with Crippen molar-refractivity contribution in [1.82, 2.24) is 20.2 Å². The van der Waals surface area contributed by atoms with Gasteiger partial charge in [-0.15, -0.1) is 0 Å². The molecule has 1 aliphatic rings. The van der Waals surface area contributed by atoms with Gasteiger partial charge >= 0.3 is 12.1 Å². The minimum atomic E-state index is -0.880. The second-order valence-electron chi connectivity index (χ2n) is 10.6. The van der Waals surface area contributed by atoms with Gasteiger partial charge in [0.05, 0.1) is 12.2 Å². The van der Waals surface area contributed by atoms with Gasteiger partial charge in [-0.3, -0.25) is 4.79 Å². The van der Waals surface area contributed by atoms with E-state index in [9.17, 15) is 14.7 Å². The first kappa shape index (κ1) is 27.8. The van der Waals surface area contributed by atoms with Crippen LogP contribution in [0.1, 0.15) is 33.3 Å². The molecule has 1 atom stereocenters. The summed E-state index contributed by atoms with van der Waals surface area (Å²) in [6.45, 7) is 9.78. The quantitative estimate of drug-likeness (QED) is 0.360. The fraction of sp³-hybridized carbons (Fsp3) is 0.379. The van der Waals surface area contributed by atoms with Crippen LogP contribution in [-0.4, -0.2) is 69.9 Å². The van der Waals surface area contributed by atoms with Crippen molar-refractivity contribution in [3.05, 3.63) is 66.4 Å². The van der Waals surface area contributed by atoms with Crippen molar-refractivity contribution in [2.75, 3.05) is 36.4 Å². The zero-order valence-electron chi connectivity index (χ0n) is 22.8. The van der Waals surface area contributed by atoms with Gasteiger partial charge in [0, 0.05) is 55.4 Å². The molecule has 10 heteroatoms. The standard InChI is InChI=1S/C29H36N6O4/c1-20-19-34(14-15-35(20)28(37)38)23-10-7-9-22(16-23)32-27-31-13-12-25(33-27)24-11-6-5-8-21(24)17-30-18-26(36)39-29(2,3)4/h5-13,16,20,30H,14-15,17-19H2,1-4H3,(H,37,38)(H,31,32,33). The molecule has 1 aliphatic heterocycles. The van der Waals surface area contributed by atoms with Crippen LogP contribution in [0.3, 0.4) is 0 Å². The molecule has 39 heavy (non-hydrogen) atoms. The van der Waals surface area contributed by atoms with E-state index in [2.05, 4.69) is 20.5 Å². The number of carboxylic acid groups (broad SMARTS) is 1. The van der Waals surface area contributed by atoms with Crippen molar-refractivity contribution in [3.8, 4) is 11.3 Å². The molecule has 0 radical (unpaired) electrons. The van der Waals surface area contributed by atoms with Crippen LogP contribution in [0.25, 0.3) is 11.3 Å². The average molecular weight is 533 g/mol. The lowest BCUT2D eigenvalue weighted by Gasteiger charge is -2.39. The van der Waals surface area contributed by atoms with Gasteiger partial charge in [-0.1, -0.05) is 30.3 Å². The van der Waals surface area contributed by atoms with E-state index in [1.807, 2.05) is 82.3 Å². The number of nitrogens with zero attached hydrogens (tertiary/aromatic N) is 4. The summed E-state index contributed by atoms with van der Waals surface area (Å²) in [6, 6.07) is 17.6. The first-order valence-electron chi connectivity index (χ1n) is 13.0. The molecule has 1 fully saturated rings. The Bertz CT molecular complexity index is 1310. The van der Waals surface area contributed by atoms with E-state index < -0.39 is 11.7 Å². The van der Waals surface area contributed by atoms with Crippen LogP contribution >= 0.6 is 0 Å². The number of hydrogen-bond donors (Lipinski definition) is 3. The van der Waals surface area contributed by atoms with E-state index in [0.717, 1.165) is 28.2 Å². The Kier molecular flexibility index (Phi) is 8.65. The number of aromatic nitrogens is 2. The number of benzene rings is 2. The van der Waals surface area contributed by atoms with E-state index in [1.165, 1.54) is 4.90 Å². The summed E-state index contributed by atoms with van der Waals surface area (Å²) in [5.41, 5.74) is 4.03. The summed E-state index contributed by atoms with van der Waals surface area (Å²) in [4.78, 5) is 36.3. The van der Waals surface area contributed by atoms with Crippen molar-refractivity contribution in [2.24, 2.45) is 0 Å². The average Bonchev–Trinajstić information content (AvgIpc) is 2.88. The highest BCUT2D eigenvalue weighted by Crippen LogP contribution is 2.26. The molecule has 1 amide bonds. The minimum absolute atomic E-state index is 0.0911. The lowest BCUT2D eigenvalue weighted by molar-refractivity contribution is -0.153. The van der Waals surface area contributed by atoms with E-state index in [0.29, 0.717) is 32.1 Å². The van der Waals surface area contributed by atoms with Crippen LogP contribution in [0, 0.1) is 0 Å². The van der Waals surface area contributed by atoms with Gasteiger partial charge in [0.2, 0.25) is 5.95 Å². The van der Waals surface area contributed by atoms with Crippen LogP contribution in [0.2, 0.25) is 0 Å². The Morgan fingerprint density at radius 3 is 2.64 bits per heavy atom. The predicted molar refractivity (Wildman–Crippen MR) is 151 cm³/mol. The maximum absolute atomic E-state index is 12.1. The van der Waals surface area contributed by atoms with E-state index in [1.54, 1.807) is 6.20 Å². The van der Waals surface area contributed by atoms with Gasteiger partial charge in [0.15, 0.2) is 0 Å². The van der Waals surface area contributed by atoms with Crippen molar-refractivity contribution in [1.29, 1.82) is 0 Å². The number of esters is 1. The number of rotatable bonds is 8. The third-order valence-electron chi connectivity index (χ3n) is 6.29. The van der Waals surface area contributed by atoms with Crippen molar-refractivity contribution >= 4 is 29.4 Å². The maximum Gasteiger partial charge on any atom is 0.407 e. The smallest absolute Gasteiger partial charge is 0.407 e. The molecule has 0 aliphatic carbocycles. The molecule has 1 unspecified atom stereocenters. The van der Waals surface area contributed by atoms with Crippen LogP contribution in [-0.2, 0) is 16.1 Å². The SMILES string of the molecule is CC1CN(c2cccc(Nc3nccc(-c4ccccc4CNCC(=O)OC(C)(C)C)n3)c2)CCN1C(=O)O. The van der Waals surface area contributed by atoms with E-state index in [-0.39, 0.29) is 18.6 Å². The second-order valence-corrected chi connectivity index (χ2v) is 10.6. The van der Waals surface area contributed by atoms with Crippen LogP contribution in [0.5, 0.6) is 0 Å². The molecular weight excluding hydrogens is 496 g/mol. The first-order chi connectivity index (χ1) is 18.6. The second kappa shape index (κ2) is 12.1. The number of carbonyl (C=O) groups is 2. The number of piperazine rings is 1. The molecule has 3 aromatic rings. The molecule has 3 N–H and O–H groups in total. The normalized spacial score (nSPS) is 15.6. The Morgan fingerprint density at radius 2 is 1.90 bits per heavy atom. The maximum atomic E-state index is 12.1. The summed E-state index contributed by atoms with van der Waals surface area (Å²) in [5.74, 6) is 0.166. The summed E-state index contributed by atoms with van der Waals surface area (Å²) in [5, 5.41) is 15.8. The Hall–Kier alpha value is -4.18. The van der Waals surface area contributed by atoms with Gasteiger partial charge in [-0.25, -0.2) is 14.8 Å². The first-order valence-corrected chi connectivity index (χ1v) is 13.0. The van der Waals surface area contributed by atoms with Crippen LogP contribution in [0.15, 0.2) is 60.8 Å². The Labute approximate surface area is 229 Å². The lowest BCUT2D eigenvalue weighted by Crippen LogP contribution is -2.53. The number of carbonyl (C=O) groups excluding carboxylic acids is 1. The molecule has 2 heterocycles. The molecule has 206 valence electrons. The van der Waals surface area contributed by atoms with Crippen LogP contribution < -0.4 is 15.5 Å². The Balaban J connectivity index is 1.43. The molecule has 0 spiro atoms. The minimum Gasteiger partial charge on any atom is -0.465 e. The third kappa shape index (κ3) is 7.67. The highest BCUT2D eigenvalue weighted by Gasteiger charge is 2.27. The summed E-state index contributed by atoms with van der Waals surface area (Å²) in [6.07, 6.45) is 0.835. The van der Waals surface area contributed by atoms with Gasteiger partial charge < -0.3 is 30.3 Å². The number of anilines is 3. The van der Waals surface area contributed by atoms with Gasteiger partial charge in [0.25, 0.3) is 0 Å². The van der Waals surface area contributed by atoms with Gasteiger partial charge in [-0.2, -0.15) is 0 Å². The van der Waals surface area contributed by atoms with Crippen molar-refractivity contribution < 1.29 is 19.4 Å². The highest BCUT2D eigenvalue weighted by atomic mass is 16.6. The number of amides is 1. The topological polar surface area (TPSA) is 120 Å². The number of nitrogens with one attached hydrogen (secondary N) is 2.